The van der Waals surface area contributed by atoms with Crippen LogP contribution in [0.15, 0.2) is 40.2 Å². The summed E-state index contributed by atoms with van der Waals surface area (Å²) in [7, 11) is 2.09. The van der Waals surface area contributed by atoms with Crippen LogP contribution in [0.3, 0.4) is 0 Å². The zero-order chi connectivity index (χ0) is 20.4. The summed E-state index contributed by atoms with van der Waals surface area (Å²) in [5.41, 5.74) is 2.25. The Balaban J connectivity index is 1.67. The Bertz CT molecular complexity index is 1040. The second kappa shape index (κ2) is 9.09. The Hall–Kier alpha value is -1.52. The average molecular weight is 494 g/mol. The Morgan fingerprint density at radius 2 is 1.97 bits per heavy atom. The Morgan fingerprint density at radius 3 is 2.66 bits per heavy atom. The summed E-state index contributed by atoms with van der Waals surface area (Å²) in [6.07, 6.45) is 0. The van der Waals surface area contributed by atoms with Crippen molar-refractivity contribution in [2.45, 2.75) is 20.1 Å². The highest BCUT2D eigenvalue weighted by Gasteiger charge is 2.22. The van der Waals surface area contributed by atoms with Crippen LogP contribution in [0.2, 0.25) is 0 Å². The fourth-order valence-corrected chi connectivity index (χ4v) is 5.31. The van der Waals surface area contributed by atoms with Gasteiger partial charge in [-0.2, -0.15) is 0 Å². The van der Waals surface area contributed by atoms with E-state index in [4.69, 9.17) is 22.1 Å². The molecule has 1 aliphatic heterocycles. The lowest BCUT2D eigenvalue weighted by Gasteiger charge is -2.27. The van der Waals surface area contributed by atoms with Gasteiger partial charge in [0.1, 0.15) is 0 Å². The molecule has 1 fully saturated rings. The molecule has 0 amide bonds. The number of para-hydroxylation sites is 1. The van der Waals surface area contributed by atoms with Gasteiger partial charge in [-0.05, 0) is 65.9 Å². The first-order chi connectivity index (χ1) is 14.0. The van der Waals surface area contributed by atoms with Crippen molar-refractivity contribution >= 4 is 45.4 Å². The lowest BCUT2D eigenvalue weighted by Crippen LogP contribution is -2.38. The van der Waals surface area contributed by atoms with E-state index in [0.717, 1.165) is 35.1 Å². The molecule has 3 aromatic rings. The highest BCUT2D eigenvalue weighted by molar-refractivity contribution is 9.11. The molecular weight excluding hydrogens is 470 g/mol. The molecule has 4 rings (SSSR count). The molecule has 0 atom stereocenters. The van der Waals surface area contributed by atoms with Gasteiger partial charge < -0.3 is 9.64 Å². The molecule has 6 nitrogen and oxygen atoms in total. The molecule has 2 aromatic heterocycles. The van der Waals surface area contributed by atoms with Crippen molar-refractivity contribution in [3.05, 3.63) is 55.4 Å². The molecule has 3 heterocycles. The van der Waals surface area contributed by atoms with E-state index < -0.39 is 0 Å². The minimum Gasteiger partial charge on any atom is -0.378 e. The number of rotatable bonds is 6. The fourth-order valence-electron chi connectivity index (χ4n) is 3.46. The third kappa shape index (κ3) is 4.64. The van der Waals surface area contributed by atoms with E-state index in [1.165, 1.54) is 10.4 Å². The fraction of sp³-hybridized carbons (Fsp3) is 0.400. The number of thiophene rings is 1. The molecule has 0 radical (unpaired) electrons. The molecule has 0 saturated carbocycles. The summed E-state index contributed by atoms with van der Waals surface area (Å²) in [4.78, 5) is 5.79. The number of nitrogens with zero attached hydrogens (tertiary/aromatic N) is 5. The molecule has 0 aliphatic carbocycles. The minimum absolute atomic E-state index is 0.630. The molecule has 0 unspecified atom stereocenters. The normalized spacial score (nSPS) is 14.7. The van der Waals surface area contributed by atoms with Gasteiger partial charge in [-0.25, -0.2) is 4.68 Å². The van der Waals surface area contributed by atoms with E-state index in [1.807, 2.05) is 16.8 Å². The van der Waals surface area contributed by atoms with Gasteiger partial charge in [0.25, 0.3) is 0 Å². The van der Waals surface area contributed by atoms with Crippen LogP contribution in [0, 0.1) is 11.7 Å². The average Bonchev–Trinajstić information content (AvgIpc) is 3.26. The zero-order valence-electron chi connectivity index (χ0n) is 16.5. The van der Waals surface area contributed by atoms with Crippen LogP contribution in [0.5, 0.6) is 0 Å². The number of ether oxygens (including phenoxy) is 1. The SMILES string of the molecule is Cc1ccccc1-n1c(N2CCOCC2)nn(CN(C)Cc2ccc(Br)s2)c1=S. The number of aryl methyl sites for hydroxylation is 1. The lowest BCUT2D eigenvalue weighted by atomic mass is 10.2. The van der Waals surface area contributed by atoms with Gasteiger partial charge >= 0.3 is 0 Å². The van der Waals surface area contributed by atoms with Crippen molar-refractivity contribution < 1.29 is 4.74 Å². The van der Waals surface area contributed by atoms with Gasteiger partial charge in [0.15, 0.2) is 0 Å². The van der Waals surface area contributed by atoms with E-state index in [0.29, 0.717) is 24.7 Å². The summed E-state index contributed by atoms with van der Waals surface area (Å²) >= 11 is 11.2. The third-order valence-corrected chi connectivity index (χ3v) is 6.90. The van der Waals surface area contributed by atoms with E-state index in [1.54, 1.807) is 11.3 Å². The van der Waals surface area contributed by atoms with E-state index >= 15 is 0 Å². The van der Waals surface area contributed by atoms with Crippen LogP contribution >= 0.6 is 39.5 Å². The second-order valence-corrected chi connectivity index (χ2v) is 10.1. The van der Waals surface area contributed by atoms with Crippen molar-refractivity contribution in [1.82, 2.24) is 19.2 Å². The van der Waals surface area contributed by atoms with Crippen LogP contribution < -0.4 is 4.90 Å². The molecule has 0 N–H and O–H groups in total. The molecule has 0 bridgehead atoms. The Kier molecular flexibility index (Phi) is 6.50. The largest absolute Gasteiger partial charge is 0.378 e. The van der Waals surface area contributed by atoms with Gasteiger partial charge in [0.05, 0.1) is 29.4 Å². The number of hydrogen-bond donors (Lipinski definition) is 0. The zero-order valence-corrected chi connectivity index (χ0v) is 19.8. The highest BCUT2D eigenvalue weighted by atomic mass is 79.9. The first-order valence-electron chi connectivity index (χ1n) is 9.54. The van der Waals surface area contributed by atoms with Crippen LogP contribution in [0.1, 0.15) is 10.4 Å². The van der Waals surface area contributed by atoms with Gasteiger partial charge in [-0.1, -0.05) is 18.2 Å². The van der Waals surface area contributed by atoms with Crippen molar-refractivity contribution in [1.29, 1.82) is 0 Å². The van der Waals surface area contributed by atoms with E-state index in [-0.39, 0.29) is 0 Å². The number of anilines is 1. The standard InChI is InChI=1S/C20H24BrN5OS2/c1-15-5-3-4-6-17(15)26-19(24-9-11-27-12-10-24)22-25(20(26)28)14-23(2)13-16-7-8-18(21)29-16/h3-8H,9-14H2,1-2H3. The van der Waals surface area contributed by atoms with Crippen LogP contribution in [0.4, 0.5) is 5.95 Å². The maximum Gasteiger partial charge on any atom is 0.230 e. The summed E-state index contributed by atoms with van der Waals surface area (Å²) in [6, 6.07) is 12.5. The summed E-state index contributed by atoms with van der Waals surface area (Å²) < 4.78 is 11.4. The molecule has 1 aliphatic rings. The summed E-state index contributed by atoms with van der Waals surface area (Å²) in [5, 5.41) is 4.94. The number of morpholine rings is 1. The van der Waals surface area contributed by atoms with Gasteiger partial charge in [-0.3, -0.25) is 9.47 Å². The maximum atomic E-state index is 5.88. The first-order valence-corrected chi connectivity index (χ1v) is 11.6. The van der Waals surface area contributed by atoms with Gasteiger partial charge in [0, 0.05) is 24.5 Å². The number of hydrogen-bond acceptors (Lipinski definition) is 6. The Labute approximate surface area is 188 Å². The quantitative estimate of drug-likeness (QED) is 0.473. The van der Waals surface area contributed by atoms with Crippen molar-refractivity contribution in [2.75, 3.05) is 38.3 Å². The van der Waals surface area contributed by atoms with Crippen LogP contribution in [-0.2, 0) is 18.0 Å². The lowest BCUT2D eigenvalue weighted by molar-refractivity contribution is 0.121. The monoisotopic (exact) mass is 493 g/mol. The predicted molar refractivity (Wildman–Crippen MR) is 124 cm³/mol. The molecule has 9 heteroatoms. The molecule has 29 heavy (non-hydrogen) atoms. The predicted octanol–water partition coefficient (Wildman–Crippen LogP) is 4.46. The van der Waals surface area contributed by atoms with Gasteiger partial charge in [-0.15, -0.1) is 16.4 Å². The van der Waals surface area contributed by atoms with Crippen molar-refractivity contribution in [3.63, 3.8) is 0 Å². The van der Waals surface area contributed by atoms with Crippen LogP contribution in [-0.4, -0.2) is 52.6 Å². The number of aromatic nitrogens is 3. The third-order valence-electron chi connectivity index (χ3n) is 4.90. The highest BCUT2D eigenvalue weighted by Crippen LogP contribution is 2.25. The number of benzene rings is 1. The Morgan fingerprint density at radius 1 is 1.21 bits per heavy atom. The molecule has 154 valence electrons. The minimum atomic E-state index is 0.630. The first kappa shape index (κ1) is 20.7. The summed E-state index contributed by atoms with van der Waals surface area (Å²) in [5.74, 6) is 0.889. The smallest absolute Gasteiger partial charge is 0.230 e. The molecule has 1 aromatic carbocycles. The second-order valence-electron chi connectivity index (χ2n) is 7.16. The van der Waals surface area contributed by atoms with Crippen molar-refractivity contribution in [3.8, 4) is 5.69 Å². The van der Waals surface area contributed by atoms with Crippen LogP contribution in [0.25, 0.3) is 5.69 Å². The number of halogens is 1. The van der Waals surface area contributed by atoms with Crippen molar-refractivity contribution in [2.24, 2.45) is 0 Å². The van der Waals surface area contributed by atoms with E-state index in [2.05, 4.69) is 68.5 Å². The molecule has 1 saturated heterocycles. The molecular formula is C20H24BrN5OS2. The topological polar surface area (TPSA) is 38.5 Å². The molecule has 0 spiro atoms. The summed E-state index contributed by atoms with van der Waals surface area (Å²) in [6.45, 7) is 6.64. The maximum absolute atomic E-state index is 5.88. The van der Waals surface area contributed by atoms with Gasteiger partial charge in [0.2, 0.25) is 10.7 Å². The van der Waals surface area contributed by atoms with E-state index in [9.17, 15) is 0 Å².